The van der Waals surface area contributed by atoms with Crippen molar-refractivity contribution in [3.63, 3.8) is 0 Å². The van der Waals surface area contributed by atoms with Crippen LogP contribution < -0.4 is 10.1 Å². The molecule has 26 heavy (non-hydrogen) atoms. The van der Waals surface area contributed by atoms with Crippen LogP contribution in [0.2, 0.25) is 0 Å². The van der Waals surface area contributed by atoms with Crippen LogP contribution >= 0.6 is 11.8 Å². The Bertz CT molecular complexity index is 763. The number of carbonyl (C=O) groups is 1. The Labute approximate surface area is 157 Å². The number of amides is 1. The molecule has 0 radical (unpaired) electrons. The molecule has 1 aliphatic heterocycles. The van der Waals surface area contributed by atoms with Crippen molar-refractivity contribution >= 4 is 23.4 Å². The van der Waals surface area contributed by atoms with Gasteiger partial charge in [0, 0.05) is 42.4 Å². The largest absolute Gasteiger partial charge is 0.489 e. The zero-order chi connectivity index (χ0) is 18.4. The Morgan fingerprint density at radius 1 is 1.19 bits per heavy atom. The summed E-state index contributed by atoms with van der Waals surface area (Å²) in [5.41, 5.74) is 2.57. The Kier molecular flexibility index (Phi) is 6.39. The Morgan fingerprint density at radius 2 is 1.96 bits per heavy atom. The van der Waals surface area contributed by atoms with Crippen LogP contribution in [0.4, 0.5) is 10.1 Å². The number of nitrogens with one attached hydrogen (secondary N) is 1. The van der Waals surface area contributed by atoms with Crippen LogP contribution in [0.25, 0.3) is 0 Å². The number of hydrogen-bond donors (Lipinski definition) is 1. The Hall–Kier alpha value is -2.21. The summed E-state index contributed by atoms with van der Waals surface area (Å²) in [5, 5.41) is 3.28. The molecular formula is C20H23FN2O2S. The highest BCUT2D eigenvalue weighted by molar-refractivity contribution is 7.99. The predicted molar refractivity (Wildman–Crippen MR) is 105 cm³/mol. The third kappa shape index (κ3) is 4.49. The minimum atomic E-state index is -0.365. The molecule has 1 fully saturated rings. The maximum Gasteiger partial charge on any atom is 0.254 e. The SMILES string of the molecule is Cc1c(NCCOc2ccccc2F)cccc1C(=O)N1CCSCC1. The van der Waals surface area contributed by atoms with E-state index in [1.54, 1.807) is 18.2 Å². The summed E-state index contributed by atoms with van der Waals surface area (Å²) in [6.45, 7) is 4.41. The molecule has 1 heterocycles. The van der Waals surface area contributed by atoms with Gasteiger partial charge in [0.05, 0.1) is 0 Å². The predicted octanol–water partition coefficient (Wildman–Crippen LogP) is 3.81. The minimum absolute atomic E-state index is 0.0917. The van der Waals surface area contributed by atoms with E-state index < -0.39 is 0 Å². The number of halogens is 1. The van der Waals surface area contributed by atoms with Gasteiger partial charge in [-0.2, -0.15) is 11.8 Å². The lowest BCUT2D eigenvalue weighted by Gasteiger charge is -2.27. The van der Waals surface area contributed by atoms with Crippen LogP contribution in [0.3, 0.4) is 0 Å². The zero-order valence-corrected chi connectivity index (χ0v) is 15.7. The van der Waals surface area contributed by atoms with E-state index in [2.05, 4.69) is 5.32 Å². The van der Waals surface area contributed by atoms with Crippen molar-refractivity contribution in [2.24, 2.45) is 0 Å². The third-order valence-electron chi connectivity index (χ3n) is 4.37. The van der Waals surface area contributed by atoms with Crippen LogP contribution in [0.1, 0.15) is 15.9 Å². The van der Waals surface area contributed by atoms with Crippen LogP contribution in [0.15, 0.2) is 42.5 Å². The smallest absolute Gasteiger partial charge is 0.254 e. The lowest BCUT2D eigenvalue weighted by atomic mass is 10.1. The van der Waals surface area contributed by atoms with Gasteiger partial charge in [0.1, 0.15) is 6.61 Å². The van der Waals surface area contributed by atoms with Gasteiger partial charge >= 0.3 is 0 Å². The van der Waals surface area contributed by atoms with E-state index in [-0.39, 0.29) is 17.5 Å². The van der Waals surface area contributed by atoms with Crippen molar-refractivity contribution in [1.82, 2.24) is 4.90 Å². The van der Waals surface area contributed by atoms with Gasteiger partial charge in [-0.1, -0.05) is 18.2 Å². The number of rotatable bonds is 6. The van der Waals surface area contributed by atoms with Gasteiger partial charge in [0.2, 0.25) is 0 Å². The second-order valence-corrected chi connectivity index (χ2v) is 7.31. The quantitative estimate of drug-likeness (QED) is 0.781. The first-order valence-corrected chi connectivity index (χ1v) is 9.90. The lowest BCUT2D eigenvalue weighted by Crippen LogP contribution is -2.38. The molecule has 0 unspecified atom stereocenters. The van der Waals surface area contributed by atoms with Gasteiger partial charge in [0.25, 0.3) is 5.91 Å². The number of ether oxygens (including phenoxy) is 1. The van der Waals surface area contributed by atoms with E-state index in [0.29, 0.717) is 13.2 Å². The highest BCUT2D eigenvalue weighted by Gasteiger charge is 2.20. The topological polar surface area (TPSA) is 41.6 Å². The minimum Gasteiger partial charge on any atom is -0.489 e. The third-order valence-corrected chi connectivity index (χ3v) is 5.32. The monoisotopic (exact) mass is 374 g/mol. The van der Waals surface area contributed by atoms with Crippen LogP contribution in [-0.4, -0.2) is 48.6 Å². The number of para-hydroxylation sites is 1. The molecule has 138 valence electrons. The number of carbonyl (C=O) groups excluding carboxylic acids is 1. The molecule has 4 nitrogen and oxygen atoms in total. The zero-order valence-electron chi connectivity index (χ0n) is 14.8. The fraction of sp³-hybridized carbons (Fsp3) is 0.350. The number of nitrogens with zero attached hydrogens (tertiary/aromatic N) is 1. The first kappa shape index (κ1) is 18.6. The van der Waals surface area contributed by atoms with Crippen molar-refractivity contribution < 1.29 is 13.9 Å². The number of hydrogen-bond acceptors (Lipinski definition) is 4. The van der Waals surface area contributed by atoms with Crippen molar-refractivity contribution in [2.75, 3.05) is 43.1 Å². The summed E-state index contributed by atoms with van der Waals surface area (Å²) in [7, 11) is 0. The standard InChI is InChI=1S/C20H23FN2O2S/c1-15-16(20(24)23-10-13-26-14-11-23)5-4-7-18(15)22-9-12-25-19-8-3-2-6-17(19)21/h2-8,22H,9-14H2,1H3. The maximum atomic E-state index is 13.5. The lowest BCUT2D eigenvalue weighted by molar-refractivity contribution is 0.0771. The number of benzene rings is 2. The van der Waals surface area contributed by atoms with Gasteiger partial charge in [0.15, 0.2) is 11.6 Å². The molecule has 0 bridgehead atoms. The van der Waals surface area contributed by atoms with E-state index in [1.165, 1.54) is 6.07 Å². The summed E-state index contributed by atoms with van der Waals surface area (Å²) in [4.78, 5) is 14.7. The Morgan fingerprint density at radius 3 is 2.73 bits per heavy atom. The summed E-state index contributed by atoms with van der Waals surface area (Å²) >= 11 is 1.88. The van der Waals surface area contributed by atoms with Crippen LogP contribution in [-0.2, 0) is 0 Å². The van der Waals surface area contributed by atoms with Gasteiger partial charge in [-0.05, 0) is 36.8 Å². The highest BCUT2D eigenvalue weighted by Crippen LogP contribution is 2.22. The van der Waals surface area contributed by atoms with Crippen molar-refractivity contribution in [3.05, 3.63) is 59.4 Å². The molecule has 1 N–H and O–H groups in total. The number of anilines is 1. The Balaban J connectivity index is 1.58. The van der Waals surface area contributed by atoms with Crippen molar-refractivity contribution in [3.8, 4) is 5.75 Å². The van der Waals surface area contributed by atoms with E-state index >= 15 is 0 Å². The van der Waals surface area contributed by atoms with Gasteiger partial charge in [-0.25, -0.2) is 4.39 Å². The van der Waals surface area contributed by atoms with E-state index in [1.807, 2.05) is 41.8 Å². The number of thioether (sulfide) groups is 1. The second-order valence-electron chi connectivity index (χ2n) is 6.09. The molecule has 2 aromatic rings. The average molecular weight is 374 g/mol. The summed E-state index contributed by atoms with van der Waals surface area (Å²) in [5.74, 6) is 1.97. The first-order chi connectivity index (χ1) is 12.7. The molecule has 1 saturated heterocycles. The molecule has 0 aromatic heterocycles. The molecule has 0 aliphatic carbocycles. The highest BCUT2D eigenvalue weighted by atomic mass is 32.2. The molecule has 1 amide bonds. The molecule has 2 aromatic carbocycles. The van der Waals surface area contributed by atoms with E-state index in [4.69, 9.17) is 4.74 Å². The fourth-order valence-electron chi connectivity index (χ4n) is 2.90. The fourth-order valence-corrected chi connectivity index (χ4v) is 3.81. The maximum absolute atomic E-state index is 13.5. The molecule has 0 saturated carbocycles. The van der Waals surface area contributed by atoms with Crippen LogP contribution in [0, 0.1) is 12.7 Å². The van der Waals surface area contributed by atoms with Gasteiger partial charge in [-0.15, -0.1) is 0 Å². The summed E-state index contributed by atoms with van der Waals surface area (Å²) < 4.78 is 19.0. The van der Waals surface area contributed by atoms with Crippen molar-refractivity contribution in [2.45, 2.75) is 6.92 Å². The molecule has 3 rings (SSSR count). The van der Waals surface area contributed by atoms with Crippen LogP contribution in [0.5, 0.6) is 5.75 Å². The normalized spacial score (nSPS) is 14.2. The summed E-state index contributed by atoms with van der Waals surface area (Å²) in [6.07, 6.45) is 0. The molecule has 0 atom stereocenters. The van der Waals surface area contributed by atoms with E-state index in [0.717, 1.165) is 41.4 Å². The summed E-state index contributed by atoms with van der Waals surface area (Å²) in [6, 6.07) is 12.1. The average Bonchev–Trinajstić information content (AvgIpc) is 2.68. The second kappa shape index (κ2) is 8.94. The molecule has 1 aliphatic rings. The molecule has 0 spiro atoms. The van der Waals surface area contributed by atoms with E-state index in [9.17, 15) is 9.18 Å². The molecular weight excluding hydrogens is 351 g/mol. The van der Waals surface area contributed by atoms with Gasteiger partial charge in [-0.3, -0.25) is 4.79 Å². The van der Waals surface area contributed by atoms with Crippen molar-refractivity contribution in [1.29, 1.82) is 0 Å². The molecule has 6 heteroatoms. The van der Waals surface area contributed by atoms with Gasteiger partial charge < -0.3 is 15.0 Å². The first-order valence-electron chi connectivity index (χ1n) is 8.74.